The molecule has 2 fully saturated rings. The molecule has 3 rings (SSSR count). The summed E-state index contributed by atoms with van der Waals surface area (Å²) >= 11 is 0. The molecular formula is C15H19NO5. The summed E-state index contributed by atoms with van der Waals surface area (Å²) in [7, 11) is 1.40. The molecule has 0 amide bonds. The molecule has 1 N–H and O–H groups in total. The van der Waals surface area contributed by atoms with Crippen molar-refractivity contribution in [1.82, 2.24) is 0 Å². The zero-order valence-electron chi connectivity index (χ0n) is 11.9. The fourth-order valence-corrected chi connectivity index (χ4v) is 3.63. The van der Waals surface area contributed by atoms with E-state index in [1.807, 2.05) is 0 Å². The van der Waals surface area contributed by atoms with Gasteiger partial charge in [-0.2, -0.15) is 0 Å². The predicted molar refractivity (Wildman–Crippen MR) is 75.6 cm³/mol. The minimum Gasteiger partial charge on any atom is -0.490 e. The molecule has 1 spiro atoms. The number of ether oxygens (including phenoxy) is 2. The highest BCUT2D eigenvalue weighted by Gasteiger charge is 2.57. The second-order valence-electron chi connectivity index (χ2n) is 5.89. The summed E-state index contributed by atoms with van der Waals surface area (Å²) in [6.07, 6.45) is 4.40. The summed E-state index contributed by atoms with van der Waals surface area (Å²) in [6.45, 7) is 0. The van der Waals surface area contributed by atoms with E-state index in [2.05, 4.69) is 0 Å². The summed E-state index contributed by atoms with van der Waals surface area (Å²) < 4.78 is 10.9. The molecule has 2 aliphatic rings. The van der Waals surface area contributed by atoms with Crippen molar-refractivity contribution in [2.45, 2.75) is 44.3 Å². The van der Waals surface area contributed by atoms with Crippen molar-refractivity contribution >= 4 is 5.69 Å². The SMILES string of the molecule is COc1ccc(OC2CC(O)C23CCCC3)cc1[N+](=O)[O-]. The number of aliphatic hydroxyl groups is 1. The first-order valence-corrected chi connectivity index (χ1v) is 7.24. The number of methoxy groups -OCH3 is 1. The first-order chi connectivity index (χ1) is 10.1. The maximum atomic E-state index is 11.0. The van der Waals surface area contributed by atoms with Crippen LogP contribution in [0.3, 0.4) is 0 Å². The molecule has 0 saturated heterocycles. The van der Waals surface area contributed by atoms with Crippen LogP contribution in [0.25, 0.3) is 0 Å². The topological polar surface area (TPSA) is 81.8 Å². The molecule has 6 heteroatoms. The molecule has 2 unspecified atom stereocenters. The van der Waals surface area contributed by atoms with E-state index in [9.17, 15) is 15.2 Å². The van der Waals surface area contributed by atoms with Crippen LogP contribution in [0.2, 0.25) is 0 Å². The van der Waals surface area contributed by atoms with Gasteiger partial charge in [0.05, 0.1) is 24.2 Å². The van der Waals surface area contributed by atoms with Crippen molar-refractivity contribution < 1.29 is 19.5 Å². The fraction of sp³-hybridized carbons (Fsp3) is 0.600. The summed E-state index contributed by atoms with van der Waals surface area (Å²) in [5, 5.41) is 21.1. The van der Waals surface area contributed by atoms with Gasteiger partial charge >= 0.3 is 5.69 Å². The fourth-order valence-electron chi connectivity index (χ4n) is 3.63. The van der Waals surface area contributed by atoms with Crippen molar-refractivity contribution in [3.63, 3.8) is 0 Å². The van der Waals surface area contributed by atoms with Crippen LogP contribution < -0.4 is 9.47 Å². The smallest absolute Gasteiger partial charge is 0.314 e. The van der Waals surface area contributed by atoms with Crippen molar-refractivity contribution in [1.29, 1.82) is 0 Å². The van der Waals surface area contributed by atoms with Gasteiger partial charge in [0.2, 0.25) is 0 Å². The average molecular weight is 293 g/mol. The summed E-state index contributed by atoms with van der Waals surface area (Å²) in [5.41, 5.74) is -0.246. The van der Waals surface area contributed by atoms with Crippen LogP contribution in [0, 0.1) is 15.5 Å². The largest absolute Gasteiger partial charge is 0.490 e. The van der Waals surface area contributed by atoms with Crippen LogP contribution in [0.1, 0.15) is 32.1 Å². The van der Waals surface area contributed by atoms with Gasteiger partial charge in [-0.15, -0.1) is 0 Å². The predicted octanol–water partition coefficient (Wildman–Crippen LogP) is 2.68. The molecule has 0 bridgehead atoms. The Balaban J connectivity index is 1.79. The van der Waals surface area contributed by atoms with E-state index in [-0.39, 0.29) is 29.1 Å². The Morgan fingerprint density at radius 1 is 1.38 bits per heavy atom. The molecule has 0 aromatic heterocycles. The number of nitro groups is 1. The minimum absolute atomic E-state index is 0.0528. The van der Waals surface area contributed by atoms with Crippen LogP contribution in [0.5, 0.6) is 11.5 Å². The molecule has 1 aromatic carbocycles. The highest BCUT2D eigenvalue weighted by Crippen LogP contribution is 2.54. The molecule has 6 nitrogen and oxygen atoms in total. The van der Waals surface area contributed by atoms with Gasteiger partial charge in [-0.25, -0.2) is 0 Å². The van der Waals surface area contributed by atoms with E-state index in [4.69, 9.17) is 9.47 Å². The normalized spacial score (nSPS) is 26.4. The van der Waals surface area contributed by atoms with Crippen molar-refractivity contribution in [3.05, 3.63) is 28.3 Å². The lowest BCUT2D eigenvalue weighted by molar-refractivity contribution is -0.385. The molecule has 114 valence electrons. The zero-order chi connectivity index (χ0) is 15.0. The van der Waals surface area contributed by atoms with E-state index >= 15 is 0 Å². The Kier molecular flexibility index (Phi) is 3.49. The molecular weight excluding hydrogens is 274 g/mol. The Morgan fingerprint density at radius 3 is 2.67 bits per heavy atom. The molecule has 0 aliphatic heterocycles. The number of hydrogen-bond acceptors (Lipinski definition) is 5. The number of hydrogen-bond donors (Lipinski definition) is 1. The van der Waals surface area contributed by atoms with Crippen LogP contribution >= 0.6 is 0 Å². The van der Waals surface area contributed by atoms with Gasteiger partial charge in [0.1, 0.15) is 11.9 Å². The van der Waals surface area contributed by atoms with E-state index in [1.54, 1.807) is 12.1 Å². The quantitative estimate of drug-likeness (QED) is 0.681. The van der Waals surface area contributed by atoms with Gasteiger partial charge in [-0.1, -0.05) is 12.8 Å². The maximum Gasteiger partial charge on any atom is 0.314 e. The molecule has 2 saturated carbocycles. The highest BCUT2D eigenvalue weighted by atomic mass is 16.6. The molecule has 1 aromatic rings. The molecule has 2 atom stereocenters. The van der Waals surface area contributed by atoms with Gasteiger partial charge < -0.3 is 14.6 Å². The Bertz CT molecular complexity index is 553. The van der Waals surface area contributed by atoms with Gasteiger partial charge in [-0.3, -0.25) is 10.1 Å². The third-order valence-electron chi connectivity index (χ3n) is 4.90. The van der Waals surface area contributed by atoms with E-state index < -0.39 is 4.92 Å². The van der Waals surface area contributed by atoms with Gasteiger partial charge in [-0.05, 0) is 25.0 Å². The van der Waals surface area contributed by atoms with Gasteiger partial charge in [0, 0.05) is 11.8 Å². The third kappa shape index (κ3) is 2.23. The Labute approximate surface area is 122 Å². The maximum absolute atomic E-state index is 11.0. The summed E-state index contributed by atoms with van der Waals surface area (Å²) in [4.78, 5) is 10.6. The molecule has 21 heavy (non-hydrogen) atoms. The Morgan fingerprint density at radius 2 is 2.10 bits per heavy atom. The van der Waals surface area contributed by atoms with Crippen LogP contribution in [0.15, 0.2) is 18.2 Å². The lowest BCUT2D eigenvalue weighted by atomic mass is 9.62. The zero-order valence-corrected chi connectivity index (χ0v) is 11.9. The molecule has 2 aliphatic carbocycles. The molecule has 0 heterocycles. The van der Waals surface area contributed by atoms with Crippen LogP contribution in [-0.2, 0) is 0 Å². The van der Waals surface area contributed by atoms with Gasteiger partial charge in [0.25, 0.3) is 0 Å². The number of benzene rings is 1. The summed E-state index contributed by atoms with van der Waals surface area (Å²) in [6, 6.07) is 4.62. The van der Waals surface area contributed by atoms with Crippen molar-refractivity contribution in [3.8, 4) is 11.5 Å². The number of nitro benzene ring substituents is 1. The van der Waals surface area contributed by atoms with E-state index in [1.165, 1.54) is 13.2 Å². The van der Waals surface area contributed by atoms with Crippen LogP contribution in [-0.4, -0.2) is 29.3 Å². The van der Waals surface area contributed by atoms with Crippen molar-refractivity contribution in [2.24, 2.45) is 5.41 Å². The van der Waals surface area contributed by atoms with E-state index in [0.29, 0.717) is 12.2 Å². The number of rotatable bonds is 4. The average Bonchev–Trinajstić information content (AvgIpc) is 2.99. The third-order valence-corrected chi connectivity index (χ3v) is 4.90. The second-order valence-corrected chi connectivity index (χ2v) is 5.89. The van der Waals surface area contributed by atoms with Crippen LogP contribution in [0.4, 0.5) is 5.69 Å². The lowest BCUT2D eigenvalue weighted by Crippen LogP contribution is -2.58. The number of aliphatic hydroxyl groups excluding tert-OH is 1. The Hall–Kier alpha value is -1.82. The highest BCUT2D eigenvalue weighted by molar-refractivity contribution is 5.51. The van der Waals surface area contributed by atoms with Gasteiger partial charge in [0.15, 0.2) is 5.75 Å². The number of nitrogens with zero attached hydrogens (tertiary/aromatic N) is 1. The first kappa shape index (κ1) is 14.1. The standard InChI is InChI=1S/C15H19NO5/c1-20-12-5-4-10(8-11(12)16(18)19)21-14-9-13(17)15(14)6-2-3-7-15/h4-5,8,13-14,17H,2-3,6-7,9H2,1H3. The molecule has 0 radical (unpaired) electrons. The summed E-state index contributed by atoms with van der Waals surface area (Å²) in [5.74, 6) is 0.683. The minimum atomic E-state index is -0.480. The first-order valence-electron chi connectivity index (χ1n) is 7.24. The van der Waals surface area contributed by atoms with Crippen molar-refractivity contribution in [2.75, 3.05) is 7.11 Å². The van der Waals surface area contributed by atoms with E-state index in [0.717, 1.165) is 25.7 Å². The monoisotopic (exact) mass is 293 g/mol. The lowest BCUT2D eigenvalue weighted by Gasteiger charge is -2.51. The second kappa shape index (κ2) is 5.18.